The molecule has 0 unspecified atom stereocenters. The Bertz CT molecular complexity index is 2370. The molecule has 0 atom stereocenters. The van der Waals surface area contributed by atoms with E-state index in [2.05, 4.69) is 138 Å². The van der Waals surface area contributed by atoms with Crippen LogP contribution in [0.4, 0.5) is 0 Å². The Hall–Kier alpha value is -4.14. The second-order valence-electron chi connectivity index (χ2n) is 11.6. The van der Waals surface area contributed by atoms with Crippen molar-refractivity contribution in [2.45, 2.75) is 19.3 Å². The molecule has 1 N–H and O–H groups in total. The number of nitrogens with one attached hydrogen (secondary N) is 1. The quantitative estimate of drug-likeness (QED) is 0.177. The van der Waals surface area contributed by atoms with Gasteiger partial charge in [-0.3, -0.25) is 0 Å². The third-order valence-electron chi connectivity index (χ3n) is 9.20. The van der Waals surface area contributed by atoms with Crippen molar-refractivity contribution in [3.63, 3.8) is 0 Å². The van der Waals surface area contributed by atoms with E-state index in [1.807, 2.05) is 0 Å². The maximum absolute atomic E-state index is 3.68. The summed E-state index contributed by atoms with van der Waals surface area (Å²) in [5.41, 5.74) is 7.79. The number of hydrogen-bond donors (Lipinski definition) is 1. The van der Waals surface area contributed by atoms with E-state index in [0.717, 1.165) is 4.47 Å². The summed E-state index contributed by atoms with van der Waals surface area (Å²) in [4.78, 5) is 3.68. The third-order valence-corrected chi connectivity index (χ3v) is 9.69. The smallest absolute Gasteiger partial charge is 0.0476 e. The van der Waals surface area contributed by atoms with E-state index in [4.69, 9.17) is 0 Å². The first-order valence-electron chi connectivity index (χ1n) is 13.6. The van der Waals surface area contributed by atoms with Gasteiger partial charge in [0.2, 0.25) is 0 Å². The molecule has 2 heteroatoms. The van der Waals surface area contributed by atoms with E-state index >= 15 is 0 Å². The van der Waals surface area contributed by atoms with Crippen LogP contribution < -0.4 is 0 Å². The zero-order chi connectivity index (χ0) is 26.0. The number of halogens is 1. The van der Waals surface area contributed by atoms with Crippen LogP contribution in [-0.4, -0.2) is 4.98 Å². The molecule has 0 fully saturated rings. The number of benzene rings is 7. The largest absolute Gasteiger partial charge is 0.354 e. The molecular weight excluding hydrogens is 538 g/mol. The molecule has 0 aliphatic heterocycles. The average Bonchev–Trinajstić information content (AvgIpc) is 3.41. The molecule has 0 spiro atoms. The van der Waals surface area contributed by atoms with Crippen molar-refractivity contribution < 1.29 is 0 Å². The Morgan fingerprint density at radius 2 is 1.15 bits per heavy atom. The van der Waals surface area contributed by atoms with Gasteiger partial charge in [0.25, 0.3) is 0 Å². The Morgan fingerprint density at radius 3 is 1.97 bits per heavy atom. The van der Waals surface area contributed by atoms with Crippen LogP contribution in [0, 0.1) is 0 Å². The summed E-state index contributed by atoms with van der Waals surface area (Å²) in [6, 6.07) is 38.7. The lowest BCUT2D eigenvalue weighted by Crippen LogP contribution is -2.15. The van der Waals surface area contributed by atoms with Gasteiger partial charge >= 0.3 is 0 Å². The first kappa shape index (κ1) is 21.8. The summed E-state index contributed by atoms with van der Waals surface area (Å²) in [6.07, 6.45) is 0. The zero-order valence-electron chi connectivity index (χ0n) is 21.7. The summed E-state index contributed by atoms with van der Waals surface area (Å²) in [6.45, 7) is 4.77. The molecule has 8 aromatic rings. The maximum atomic E-state index is 3.68. The molecule has 39 heavy (non-hydrogen) atoms. The Morgan fingerprint density at radius 1 is 0.513 bits per heavy atom. The SMILES string of the molecule is CC1(C)c2cc3[nH]c4cc(Br)ccc4c3cc2-c2cc3c4ccccc4c4ccc5ccccc5c4c3cc21. The number of aromatic nitrogens is 1. The highest BCUT2D eigenvalue weighted by molar-refractivity contribution is 9.10. The molecule has 1 aromatic heterocycles. The van der Waals surface area contributed by atoms with Gasteiger partial charge < -0.3 is 4.98 Å². The highest BCUT2D eigenvalue weighted by Crippen LogP contribution is 2.53. The third kappa shape index (κ3) is 2.75. The molecule has 0 saturated heterocycles. The molecule has 0 saturated carbocycles. The van der Waals surface area contributed by atoms with Crippen LogP contribution in [0.2, 0.25) is 0 Å². The molecule has 9 rings (SSSR count). The van der Waals surface area contributed by atoms with E-state index < -0.39 is 0 Å². The number of aromatic amines is 1. The molecule has 7 aromatic carbocycles. The second-order valence-corrected chi connectivity index (χ2v) is 12.5. The fraction of sp³-hybridized carbons (Fsp3) is 0.0811. The van der Waals surface area contributed by atoms with Gasteiger partial charge in [-0.2, -0.15) is 0 Å². The van der Waals surface area contributed by atoms with E-state index in [1.54, 1.807) is 0 Å². The minimum atomic E-state index is -0.104. The lowest BCUT2D eigenvalue weighted by Gasteiger charge is -2.22. The Balaban J connectivity index is 1.46. The predicted octanol–water partition coefficient (Wildman–Crippen LogP) is 11.0. The van der Waals surface area contributed by atoms with Crippen LogP contribution in [0.1, 0.15) is 25.0 Å². The summed E-state index contributed by atoms with van der Waals surface area (Å²) in [7, 11) is 0. The summed E-state index contributed by atoms with van der Waals surface area (Å²) < 4.78 is 1.10. The van der Waals surface area contributed by atoms with Crippen molar-refractivity contribution in [3.8, 4) is 11.1 Å². The normalized spacial score (nSPS) is 14.2. The molecule has 0 bridgehead atoms. The number of rotatable bonds is 0. The molecule has 1 heterocycles. The predicted molar refractivity (Wildman–Crippen MR) is 171 cm³/mol. The van der Waals surface area contributed by atoms with Crippen molar-refractivity contribution in [1.29, 1.82) is 0 Å². The van der Waals surface area contributed by atoms with E-state index in [-0.39, 0.29) is 5.41 Å². The molecule has 0 radical (unpaired) electrons. The summed E-state index contributed by atoms with van der Waals surface area (Å²) in [5, 5.41) is 13.2. The minimum absolute atomic E-state index is 0.104. The number of fused-ring (bicyclic) bond motifs is 14. The van der Waals surface area contributed by atoms with Crippen molar-refractivity contribution in [3.05, 3.63) is 119 Å². The van der Waals surface area contributed by atoms with Gasteiger partial charge in [0.1, 0.15) is 0 Å². The number of hydrogen-bond acceptors (Lipinski definition) is 0. The molecule has 1 aliphatic rings. The van der Waals surface area contributed by atoms with Crippen molar-refractivity contribution in [2.75, 3.05) is 0 Å². The molecule has 1 aliphatic carbocycles. The minimum Gasteiger partial charge on any atom is -0.354 e. The van der Waals surface area contributed by atoms with Crippen molar-refractivity contribution >= 4 is 80.8 Å². The lowest BCUT2D eigenvalue weighted by atomic mass is 9.80. The van der Waals surface area contributed by atoms with Gasteiger partial charge in [0.15, 0.2) is 0 Å². The van der Waals surface area contributed by atoms with Crippen LogP contribution in [0.25, 0.3) is 76.0 Å². The first-order valence-corrected chi connectivity index (χ1v) is 14.3. The molecular formula is C37H24BrN. The average molecular weight is 563 g/mol. The van der Waals surface area contributed by atoms with Gasteiger partial charge in [0.05, 0.1) is 0 Å². The van der Waals surface area contributed by atoms with Gasteiger partial charge in [-0.25, -0.2) is 0 Å². The topological polar surface area (TPSA) is 15.8 Å². The Kier molecular flexibility index (Phi) is 4.06. The molecule has 184 valence electrons. The van der Waals surface area contributed by atoms with Crippen LogP contribution in [0.5, 0.6) is 0 Å². The molecule has 1 nitrogen and oxygen atoms in total. The van der Waals surface area contributed by atoms with Crippen molar-refractivity contribution in [2.24, 2.45) is 0 Å². The van der Waals surface area contributed by atoms with Crippen LogP contribution in [0.3, 0.4) is 0 Å². The van der Waals surface area contributed by atoms with Gasteiger partial charge in [-0.15, -0.1) is 0 Å². The lowest BCUT2D eigenvalue weighted by molar-refractivity contribution is 0.662. The highest BCUT2D eigenvalue weighted by atomic mass is 79.9. The van der Waals surface area contributed by atoms with Crippen LogP contribution >= 0.6 is 15.9 Å². The van der Waals surface area contributed by atoms with Gasteiger partial charge in [0, 0.05) is 31.7 Å². The van der Waals surface area contributed by atoms with E-state index in [1.165, 1.54) is 87.1 Å². The number of H-pyrrole nitrogens is 1. The van der Waals surface area contributed by atoms with Gasteiger partial charge in [-0.05, 0) is 102 Å². The molecule has 0 amide bonds. The van der Waals surface area contributed by atoms with E-state index in [9.17, 15) is 0 Å². The van der Waals surface area contributed by atoms with E-state index in [0.29, 0.717) is 0 Å². The van der Waals surface area contributed by atoms with Crippen molar-refractivity contribution in [1.82, 2.24) is 4.98 Å². The van der Waals surface area contributed by atoms with Crippen LogP contribution in [-0.2, 0) is 5.41 Å². The fourth-order valence-electron chi connectivity index (χ4n) is 7.32. The summed E-state index contributed by atoms with van der Waals surface area (Å²) >= 11 is 3.64. The summed E-state index contributed by atoms with van der Waals surface area (Å²) in [5.74, 6) is 0. The fourth-order valence-corrected chi connectivity index (χ4v) is 7.68. The maximum Gasteiger partial charge on any atom is 0.0476 e. The zero-order valence-corrected chi connectivity index (χ0v) is 23.3. The highest BCUT2D eigenvalue weighted by Gasteiger charge is 2.36. The van der Waals surface area contributed by atoms with Crippen LogP contribution in [0.15, 0.2) is 108 Å². The van der Waals surface area contributed by atoms with Gasteiger partial charge in [-0.1, -0.05) is 96.5 Å². The monoisotopic (exact) mass is 561 g/mol. The second kappa shape index (κ2) is 7.28. The Labute approximate surface area is 234 Å². The first-order chi connectivity index (χ1) is 19.0. The standard InChI is InChI=1S/C37H24BrN/c1-37(2)32-18-31-27(24-10-6-5-9-23(24)26-13-11-20-7-3-4-8-22(20)36(26)31)16-28(32)29-17-30-25-14-12-21(38)15-34(25)39-35(30)19-33(29)37/h3-19,39H,1-2H3.